The highest BCUT2D eigenvalue weighted by atomic mass is 79.9. The molecule has 0 unspecified atom stereocenters. The molecule has 0 fully saturated rings. The van der Waals surface area contributed by atoms with E-state index in [1.54, 1.807) is 12.1 Å². The van der Waals surface area contributed by atoms with Gasteiger partial charge in [0.15, 0.2) is 0 Å². The number of hydrogen-bond acceptors (Lipinski definition) is 2. The molecule has 0 saturated heterocycles. The summed E-state index contributed by atoms with van der Waals surface area (Å²) in [5, 5.41) is 11.5. The van der Waals surface area contributed by atoms with Crippen molar-refractivity contribution >= 4 is 21.6 Å². The maximum Gasteiger partial charge on any atom is 0.269 e. The monoisotopic (exact) mass is 285 g/mol. The molecule has 0 bridgehead atoms. The van der Waals surface area contributed by atoms with Crippen molar-refractivity contribution in [2.45, 2.75) is 32.1 Å². The van der Waals surface area contributed by atoms with Gasteiger partial charge in [-0.05, 0) is 24.8 Å². The second kappa shape index (κ2) is 7.39. The third kappa shape index (κ3) is 4.75. The van der Waals surface area contributed by atoms with E-state index in [0.29, 0.717) is 0 Å². The Kier molecular flexibility index (Phi) is 6.08. The van der Waals surface area contributed by atoms with Gasteiger partial charge in [-0.1, -0.05) is 40.9 Å². The first-order valence-electron chi connectivity index (χ1n) is 5.53. The van der Waals surface area contributed by atoms with Crippen molar-refractivity contribution in [3.63, 3.8) is 0 Å². The van der Waals surface area contributed by atoms with Gasteiger partial charge in [-0.15, -0.1) is 0 Å². The van der Waals surface area contributed by atoms with Crippen LogP contribution in [0, 0.1) is 10.1 Å². The fourth-order valence-corrected chi connectivity index (χ4v) is 1.96. The molecular weight excluding hydrogens is 270 g/mol. The molecule has 1 aromatic carbocycles. The lowest BCUT2D eigenvalue weighted by Crippen LogP contribution is -1.90. The molecule has 0 aliphatic heterocycles. The number of nitro benzene ring substituents is 1. The molecule has 0 spiro atoms. The maximum atomic E-state index is 10.4. The molecule has 0 radical (unpaired) electrons. The zero-order chi connectivity index (χ0) is 11.8. The number of aryl methyl sites for hydroxylation is 1. The predicted molar refractivity (Wildman–Crippen MR) is 69.1 cm³/mol. The molecule has 0 aromatic heterocycles. The van der Waals surface area contributed by atoms with E-state index in [2.05, 4.69) is 15.9 Å². The summed E-state index contributed by atoms with van der Waals surface area (Å²) < 4.78 is 0. The number of alkyl halides is 1. The van der Waals surface area contributed by atoms with Crippen LogP contribution in [0.3, 0.4) is 0 Å². The van der Waals surface area contributed by atoms with E-state index in [1.807, 2.05) is 12.1 Å². The Morgan fingerprint density at radius 3 is 2.25 bits per heavy atom. The minimum Gasteiger partial charge on any atom is -0.258 e. The van der Waals surface area contributed by atoms with Crippen LogP contribution in [0.1, 0.15) is 31.2 Å². The minimum atomic E-state index is -0.361. The van der Waals surface area contributed by atoms with Crippen LogP contribution in [0.2, 0.25) is 0 Å². The van der Waals surface area contributed by atoms with Gasteiger partial charge in [0.25, 0.3) is 5.69 Å². The zero-order valence-corrected chi connectivity index (χ0v) is 10.8. The van der Waals surface area contributed by atoms with Crippen LogP contribution in [0.5, 0.6) is 0 Å². The highest BCUT2D eigenvalue weighted by molar-refractivity contribution is 9.09. The number of nitro groups is 1. The fraction of sp³-hybridized carbons (Fsp3) is 0.500. The number of rotatable bonds is 7. The first kappa shape index (κ1) is 13.2. The molecular formula is C12H16BrNO2. The lowest BCUT2D eigenvalue weighted by atomic mass is 10.1. The van der Waals surface area contributed by atoms with E-state index in [4.69, 9.17) is 0 Å². The van der Waals surface area contributed by atoms with Crippen molar-refractivity contribution in [2.75, 3.05) is 5.33 Å². The summed E-state index contributed by atoms with van der Waals surface area (Å²) in [4.78, 5) is 10.1. The first-order chi connectivity index (χ1) is 7.74. The Hall–Kier alpha value is -0.900. The highest BCUT2D eigenvalue weighted by Crippen LogP contribution is 2.14. The summed E-state index contributed by atoms with van der Waals surface area (Å²) in [6, 6.07) is 6.85. The van der Waals surface area contributed by atoms with Crippen LogP contribution in [0.25, 0.3) is 0 Å². The zero-order valence-electron chi connectivity index (χ0n) is 9.19. The van der Waals surface area contributed by atoms with Gasteiger partial charge in [0.2, 0.25) is 0 Å². The van der Waals surface area contributed by atoms with Crippen molar-refractivity contribution in [3.8, 4) is 0 Å². The van der Waals surface area contributed by atoms with Crippen LogP contribution in [0.4, 0.5) is 5.69 Å². The van der Waals surface area contributed by atoms with Crippen LogP contribution >= 0.6 is 15.9 Å². The summed E-state index contributed by atoms with van der Waals surface area (Å²) in [7, 11) is 0. The second-order valence-electron chi connectivity index (χ2n) is 3.78. The van der Waals surface area contributed by atoms with E-state index < -0.39 is 0 Å². The molecule has 0 N–H and O–H groups in total. The molecule has 0 aliphatic rings. The molecule has 88 valence electrons. The van der Waals surface area contributed by atoms with E-state index in [0.717, 1.165) is 18.2 Å². The Morgan fingerprint density at radius 1 is 1.06 bits per heavy atom. The molecule has 0 saturated carbocycles. The number of non-ortho nitro benzene ring substituents is 1. The van der Waals surface area contributed by atoms with Crippen molar-refractivity contribution < 1.29 is 4.92 Å². The van der Waals surface area contributed by atoms with Gasteiger partial charge in [0, 0.05) is 17.5 Å². The third-order valence-electron chi connectivity index (χ3n) is 2.50. The van der Waals surface area contributed by atoms with Crippen molar-refractivity contribution in [2.24, 2.45) is 0 Å². The average Bonchev–Trinajstić information content (AvgIpc) is 2.29. The molecule has 16 heavy (non-hydrogen) atoms. The number of halogens is 1. The Labute approximate surface area is 104 Å². The van der Waals surface area contributed by atoms with E-state index in [1.165, 1.54) is 24.8 Å². The van der Waals surface area contributed by atoms with Crippen LogP contribution < -0.4 is 0 Å². The van der Waals surface area contributed by atoms with Crippen LogP contribution in [0.15, 0.2) is 24.3 Å². The smallest absolute Gasteiger partial charge is 0.258 e. The third-order valence-corrected chi connectivity index (χ3v) is 3.06. The number of nitrogens with zero attached hydrogens (tertiary/aromatic N) is 1. The van der Waals surface area contributed by atoms with Crippen molar-refractivity contribution in [3.05, 3.63) is 39.9 Å². The molecule has 1 rings (SSSR count). The lowest BCUT2D eigenvalue weighted by Gasteiger charge is -2.01. The quantitative estimate of drug-likeness (QED) is 0.328. The average molecular weight is 286 g/mol. The first-order valence-corrected chi connectivity index (χ1v) is 6.65. The highest BCUT2D eigenvalue weighted by Gasteiger charge is 2.03. The fourth-order valence-electron chi connectivity index (χ4n) is 1.56. The van der Waals surface area contributed by atoms with Gasteiger partial charge in [-0.25, -0.2) is 0 Å². The summed E-state index contributed by atoms with van der Waals surface area (Å²) in [6.45, 7) is 0. The molecule has 0 aliphatic carbocycles. The second-order valence-corrected chi connectivity index (χ2v) is 4.57. The Bertz CT molecular complexity index is 324. The lowest BCUT2D eigenvalue weighted by molar-refractivity contribution is -0.384. The van der Waals surface area contributed by atoms with E-state index >= 15 is 0 Å². The molecule has 0 amide bonds. The molecule has 0 atom stereocenters. The Balaban J connectivity index is 2.29. The number of unbranched alkanes of at least 4 members (excludes halogenated alkanes) is 3. The van der Waals surface area contributed by atoms with Gasteiger partial charge in [-0.2, -0.15) is 0 Å². The SMILES string of the molecule is O=[N+]([O-])c1ccc(CCCCCCBr)cc1. The van der Waals surface area contributed by atoms with Crippen molar-refractivity contribution in [1.29, 1.82) is 0 Å². The summed E-state index contributed by atoms with van der Waals surface area (Å²) in [6.07, 6.45) is 5.87. The van der Waals surface area contributed by atoms with Crippen molar-refractivity contribution in [1.82, 2.24) is 0 Å². The molecule has 0 heterocycles. The van der Waals surface area contributed by atoms with E-state index in [-0.39, 0.29) is 10.6 Å². The molecule has 1 aromatic rings. The molecule has 3 nitrogen and oxygen atoms in total. The topological polar surface area (TPSA) is 43.1 Å². The largest absolute Gasteiger partial charge is 0.269 e. The number of hydrogen-bond donors (Lipinski definition) is 0. The Morgan fingerprint density at radius 2 is 1.69 bits per heavy atom. The van der Waals surface area contributed by atoms with E-state index in [9.17, 15) is 10.1 Å². The van der Waals surface area contributed by atoms with Gasteiger partial charge < -0.3 is 0 Å². The summed E-state index contributed by atoms with van der Waals surface area (Å²) in [5.41, 5.74) is 1.35. The minimum absolute atomic E-state index is 0.169. The number of benzene rings is 1. The van der Waals surface area contributed by atoms with Crippen LogP contribution in [-0.2, 0) is 6.42 Å². The van der Waals surface area contributed by atoms with Gasteiger partial charge >= 0.3 is 0 Å². The summed E-state index contributed by atoms with van der Waals surface area (Å²) >= 11 is 3.40. The van der Waals surface area contributed by atoms with Crippen LogP contribution in [-0.4, -0.2) is 10.3 Å². The predicted octanol–water partition coefficient (Wildman–Crippen LogP) is 4.09. The summed E-state index contributed by atoms with van der Waals surface area (Å²) in [5.74, 6) is 0. The molecule has 4 heteroatoms. The maximum absolute atomic E-state index is 10.4. The standard InChI is InChI=1S/C12H16BrNO2/c13-10-4-2-1-3-5-11-6-8-12(9-7-11)14(15)16/h6-9H,1-5,10H2. The van der Waals surface area contributed by atoms with Gasteiger partial charge in [-0.3, -0.25) is 10.1 Å². The van der Waals surface area contributed by atoms with Gasteiger partial charge in [0.05, 0.1) is 4.92 Å². The normalized spacial score (nSPS) is 10.3. The van der Waals surface area contributed by atoms with Gasteiger partial charge in [0.1, 0.15) is 0 Å².